The second-order valence-electron chi connectivity index (χ2n) is 3.93. The molecule has 2 rings (SSSR count). The molecule has 1 heterocycles. The molecule has 0 saturated heterocycles. The highest BCUT2D eigenvalue weighted by molar-refractivity contribution is 5.53. The fraction of sp³-hybridized carbons (Fsp3) is 0.154. The Morgan fingerprint density at radius 1 is 1.33 bits per heavy atom. The van der Waals surface area contributed by atoms with E-state index in [1.807, 2.05) is 18.2 Å². The normalized spacial score (nSPS) is 10.1. The van der Waals surface area contributed by atoms with E-state index in [4.69, 9.17) is 0 Å². The van der Waals surface area contributed by atoms with Gasteiger partial charge in [-0.1, -0.05) is 6.07 Å². The molecule has 1 aromatic carbocycles. The Bertz CT molecular complexity index is 555. The van der Waals surface area contributed by atoms with Gasteiger partial charge in [0.05, 0.1) is 17.2 Å². The molecule has 0 fully saturated rings. The predicted molar refractivity (Wildman–Crippen MR) is 69.4 cm³/mol. The van der Waals surface area contributed by atoms with Crippen molar-refractivity contribution in [1.29, 1.82) is 0 Å². The number of nitro groups is 1. The Hall–Kier alpha value is -2.43. The van der Waals surface area contributed by atoms with Gasteiger partial charge in [0.15, 0.2) is 0 Å². The number of nitrogens with zero attached hydrogens (tertiary/aromatic N) is 2. The van der Waals surface area contributed by atoms with E-state index in [1.165, 1.54) is 6.07 Å². The molecule has 0 bridgehead atoms. The maximum atomic E-state index is 10.7. The fourth-order valence-corrected chi connectivity index (χ4v) is 1.67. The molecule has 0 unspecified atom stereocenters. The van der Waals surface area contributed by atoms with Crippen LogP contribution in [0.15, 0.2) is 42.6 Å². The molecule has 0 aliphatic rings. The summed E-state index contributed by atoms with van der Waals surface area (Å²) in [4.78, 5) is 14.5. The Balaban J connectivity index is 2.07. The van der Waals surface area contributed by atoms with Gasteiger partial charge in [0, 0.05) is 23.5 Å². The minimum absolute atomic E-state index is 0.137. The van der Waals surface area contributed by atoms with Crippen LogP contribution in [0, 0.1) is 17.0 Å². The molecule has 0 aliphatic heterocycles. The maximum Gasteiger partial charge on any atom is 0.272 e. The fourth-order valence-electron chi connectivity index (χ4n) is 1.67. The summed E-state index contributed by atoms with van der Waals surface area (Å²) in [6.07, 6.45) is 1.73. The first kappa shape index (κ1) is 12.0. The molecule has 1 aromatic heterocycles. The Morgan fingerprint density at radius 3 is 2.78 bits per heavy atom. The van der Waals surface area contributed by atoms with E-state index in [9.17, 15) is 10.1 Å². The lowest BCUT2D eigenvalue weighted by molar-refractivity contribution is -0.385. The van der Waals surface area contributed by atoms with E-state index in [1.54, 1.807) is 25.3 Å². The van der Waals surface area contributed by atoms with E-state index >= 15 is 0 Å². The van der Waals surface area contributed by atoms with Crippen LogP contribution in [0.5, 0.6) is 0 Å². The number of nitro benzene ring substituents is 1. The van der Waals surface area contributed by atoms with Gasteiger partial charge in [0.2, 0.25) is 0 Å². The van der Waals surface area contributed by atoms with Crippen molar-refractivity contribution in [1.82, 2.24) is 4.98 Å². The van der Waals surface area contributed by atoms with E-state index in [2.05, 4.69) is 10.3 Å². The van der Waals surface area contributed by atoms with Gasteiger partial charge in [-0.15, -0.1) is 0 Å². The molecule has 0 spiro atoms. The van der Waals surface area contributed by atoms with Crippen molar-refractivity contribution in [2.45, 2.75) is 13.5 Å². The predicted octanol–water partition coefficient (Wildman–Crippen LogP) is 2.91. The lowest BCUT2D eigenvalue weighted by atomic mass is 10.2. The largest absolute Gasteiger partial charge is 0.379 e. The molecule has 2 aromatic rings. The lowest BCUT2D eigenvalue weighted by Crippen LogP contribution is -2.01. The zero-order chi connectivity index (χ0) is 13.0. The van der Waals surface area contributed by atoms with Crippen LogP contribution >= 0.6 is 0 Å². The minimum Gasteiger partial charge on any atom is -0.379 e. The van der Waals surface area contributed by atoms with Gasteiger partial charge in [-0.25, -0.2) is 0 Å². The zero-order valence-corrected chi connectivity index (χ0v) is 9.96. The van der Waals surface area contributed by atoms with Crippen LogP contribution in [0.1, 0.15) is 11.3 Å². The number of hydrogen-bond acceptors (Lipinski definition) is 4. The molecule has 5 heteroatoms. The van der Waals surface area contributed by atoms with Crippen molar-refractivity contribution in [2.24, 2.45) is 0 Å². The third kappa shape index (κ3) is 2.82. The summed E-state index contributed by atoms with van der Waals surface area (Å²) in [5.41, 5.74) is 2.56. The molecular weight excluding hydrogens is 230 g/mol. The Kier molecular flexibility index (Phi) is 3.52. The van der Waals surface area contributed by atoms with E-state index in [0.717, 1.165) is 11.4 Å². The van der Waals surface area contributed by atoms with E-state index < -0.39 is 0 Å². The number of aryl methyl sites for hydroxylation is 1. The van der Waals surface area contributed by atoms with Gasteiger partial charge in [-0.3, -0.25) is 15.1 Å². The van der Waals surface area contributed by atoms with Crippen molar-refractivity contribution in [3.05, 3.63) is 64.0 Å². The number of rotatable bonds is 4. The highest BCUT2D eigenvalue weighted by Crippen LogP contribution is 2.21. The first-order valence-corrected chi connectivity index (χ1v) is 5.55. The standard InChI is InChI=1S/C13H13N3O2/c1-10-8-11(5-6-13(10)16(17)18)15-9-12-4-2-3-7-14-12/h2-8,15H,9H2,1H3. The number of hydrogen-bond donors (Lipinski definition) is 1. The van der Waals surface area contributed by atoms with E-state index in [-0.39, 0.29) is 10.6 Å². The van der Waals surface area contributed by atoms with Gasteiger partial charge in [0.25, 0.3) is 5.69 Å². The van der Waals surface area contributed by atoms with Crippen LogP contribution in [0.3, 0.4) is 0 Å². The number of anilines is 1. The summed E-state index contributed by atoms with van der Waals surface area (Å²) in [6.45, 7) is 2.32. The van der Waals surface area contributed by atoms with Gasteiger partial charge in [-0.05, 0) is 31.2 Å². The molecule has 92 valence electrons. The molecule has 0 aliphatic carbocycles. The summed E-state index contributed by atoms with van der Waals surface area (Å²) >= 11 is 0. The smallest absolute Gasteiger partial charge is 0.272 e. The summed E-state index contributed by atoms with van der Waals surface area (Å²) < 4.78 is 0. The SMILES string of the molecule is Cc1cc(NCc2ccccn2)ccc1[N+](=O)[O-]. The van der Waals surface area contributed by atoms with Gasteiger partial charge in [-0.2, -0.15) is 0 Å². The van der Waals surface area contributed by atoms with Gasteiger partial charge in [0.1, 0.15) is 0 Å². The molecule has 18 heavy (non-hydrogen) atoms. The van der Waals surface area contributed by atoms with Gasteiger partial charge >= 0.3 is 0 Å². The van der Waals surface area contributed by atoms with Crippen molar-refractivity contribution < 1.29 is 4.92 Å². The van der Waals surface area contributed by atoms with E-state index in [0.29, 0.717) is 12.1 Å². The molecular formula is C13H13N3O2. The average Bonchev–Trinajstić information content (AvgIpc) is 2.37. The van der Waals surface area contributed by atoms with Crippen molar-refractivity contribution >= 4 is 11.4 Å². The first-order valence-electron chi connectivity index (χ1n) is 5.55. The van der Waals surface area contributed by atoms with Crippen LogP contribution in [0.25, 0.3) is 0 Å². The molecule has 0 saturated carbocycles. The minimum atomic E-state index is -0.377. The molecule has 0 radical (unpaired) electrons. The number of pyridine rings is 1. The van der Waals surface area contributed by atoms with Crippen LogP contribution in [-0.2, 0) is 6.54 Å². The number of aromatic nitrogens is 1. The first-order chi connectivity index (χ1) is 8.66. The molecule has 0 amide bonds. The molecule has 1 N–H and O–H groups in total. The lowest BCUT2D eigenvalue weighted by Gasteiger charge is -2.06. The van der Waals surface area contributed by atoms with Crippen LogP contribution < -0.4 is 5.32 Å². The molecule has 5 nitrogen and oxygen atoms in total. The highest BCUT2D eigenvalue weighted by Gasteiger charge is 2.09. The third-order valence-corrected chi connectivity index (χ3v) is 2.59. The summed E-state index contributed by atoms with van der Waals surface area (Å²) in [5.74, 6) is 0. The third-order valence-electron chi connectivity index (χ3n) is 2.59. The second-order valence-corrected chi connectivity index (χ2v) is 3.93. The summed E-state index contributed by atoms with van der Waals surface area (Å²) in [6, 6.07) is 10.7. The Morgan fingerprint density at radius 2 is 2.17 bits per heavy atom. The quantitative estimate of drug-likeness (QED) is 0.662. The second kappa shape index (κ2) is 5.27. The van der Waals surface area contributed by atoms with Crippen molar-refractivity contribution in [2.75, 3.05) is 5.32 Å². The van der Waals surface area contributed by atoms with Crippen molar-refractivity contribution in [3.8, 4) is 0 Å². The highest BCUT2D eigenvalue weighted by atomic mass is 16.6. The van der Waals surface area contributed by atoms with Crippen LogP contribution in [0.2, 0.25) is 0 Å². The topological polar surface area (TPSA) is 68.1 Å². The monoisotopic (exact) mass is 243 g/mol. The average molecular weight is 243 g/mol. The Labute approximate surface area is 105 Å². The van der Waals surface area contributed by atoms with Crippen molar-refractivity contribution in [3.63, 3.8) is 0 Å². The maximum absolute atomic E-state index is 10.7. The van der Waals surface area contributed by atoms with Gasteiger partial charge < -0.3 is 5.32 Å². The zero-order valence-electron chi connectivity index (χ0n) is 9.96. The number of benzene rings is 1. The molecule has 0 atom stereocenters. The summed E-state index contributed by atoms with van der Waals surface area (Å²) in [5, 5.41) is 13.9. The summed E-state index contributed by atoms with van der Waals surface area (Å²) in [7, 11) is 0. The number of nitrogens with one attached hydrogen (secondary N) is 1. The van der Waals surface area contributed by atoms with Crippen LogP contribution in [0.4, 0.5) is 11.4 Å². The van der Waals surface area contributed by atoms with Crippen LogP contribution in [-0.4, -0.2) is 9.91 Å².